The van der Waals surface area contributed by atoms with Gasteiger partial charge >= 0.3 is 0 Å². The molecule has 3 rings (SSSR count). The van der Waals surface area contributed by atoms with E-state index >= 15 is 0 Å². The number of nitrogens with one attached hydrogen (secondary N) is 2. The minimum Gasteiger partial charge on any atom is -0.379 e. The fraction of sp³-hybridized carbons (Fsp3) is 0.333. The highest BCUT2D eigenvalue weighted by molar-refractivity contribution is 6.03. The third-order valence-corrected chi connectivity index (χ3v) is 4.68. The van der Waals surface area contributed by atoms with Crippen molar-refractivity contribution in [3.05, 3.63) is 71.6 Å². The van der Waals surface area contributed by atoms with Gasteiger partial charge in [0.05, 0.1) is 23.8 Å². The molecule has 27 heavy (non-hydrogen) atoms. The summed E-state index contributed by atoms with van der Waals surface area (Å²) in [5.41, 5.74) is 2.45. The summed E-state index contributed by atoms with van der Waals surface area (Å²) in [7, 11) is 1.56. The molecule has 2 N–H and O–H groups in total. The number of likely N-dealkylation sites (N-methyl/N-ethyl adjacent to an activating group) is 1. The Labute approximate surface area is 159 Å². The van der Waals surface area contributed by atoms with Crippen LogP contribution in [0.1, 0.15) is 18.4 Å². The molecule has 1 unspecified atom stereocenters. The van der Waals surface area contributed by atoms with Gasteiger partial charge in [-0.25, -0.2) is 0 Å². The van der Waals surface area contributed by atoms with Crippen LogP contribution in [-0.2, 0) is 20.9 Å². The van der Waals surface area contributed by atoms with Crippen LogP contribution in [0.2, 0.25) is 0 Å². The zero-order valence-corrected chi connectivity index (χ0v) is 15.5. The number of carbonyl (C=O) groups excluding carboxylic acids is 2. The predicted molar refractivity (Wildman–Crippen MR) is 103 cm³/mol. The molecule has 6 nitrogen and oxygen atoms in total. The first-order valence-corrected chi connectivity index (χ1v) is 9.12. The van der Waals surface area contributed by atoms with Gasteiger partial charge in [-0.3, -0.25) is 9.59 Å². The normalized spacial score (nSPS) is 19.8. The summed E-state index contributed by atoms with van der Waals surface area (Å²) in [5, 5.41) is 5.62. The molecule has 1 atom stereocenters. The quantitative estimate of drug-likeness (QED) is 0.834. The molecular weight excluding hydrogens is 342 g/mol. The molecule has 0 aromatic heterocycles. The summed E-state index contributed by atoms with van der Waals surface area (Å²) in [6, 6.07) is 9.86. The van der Waals surface area contributed by atoms with Gasteiger partial charge in [0.25, 0.3) is 11.8 Å². The molecule has 0 bridgehead atoms. The number of benzene rings is 1. The second kappa shape index (κ2) is 8.68. The molecule has 2 aliphatic heterocycles. The van der Waals surface area contributed by atoms with Gasteiger partial charge in [-0.15, -0.1) is 0 Å². The van der Waals surface area contributed by atoms with Crippen LogP contribution >= 0.6 is 0 Å². The van der Waals surface area contributed by atoms with Gasteiger partial charge in [0.2, 0.25) is 0 Å². The minimum absolute atomic E-state index is 0.00305. The second-order valence-electron chi connectivity index (χ2n) is 6.67. The van der Waals surface area contributed by atoms with Crippen molar-refractivity contribution in [2.45, 2.75) is 25.4 Å². The van der Waals surface area contributed by atoms with Crippen molar-refractivity contribution in [1.29, 1.82) is 0 Å². The first-order valence-electron chi connectivity index (χ1n) is 9.12. The van der Waals surface area contributed by atoms with Crippen molar-refractivity contribution in [3.63, 3.8) is 0 Å². The van der Waals surface area contributed by atoms with E-state index in [1.807, 2.05) is 35.2 Å². The second-order valence-corrected chi connectivity index (χ2v) is 6.67. The van der Waals surface area contributed by atoms with Crippen LogP contribution in [-0.4, -0.2) is 43.0 Å². The van der Waals surface area contributed by atoms with E-state index < -0.39 is 0 Å². The summed E-state index contributed by atoms with van der Waals surface area (Å²) >= 11 is 0. The van der Waals surface area contributed by atoms with E-state index in [-0.39, 0.29) is 17.9 Å². The largest absolute Gasteiger partial charge is 0.379 e. The lowest BCUT2D eigenvalue weighted by Crippen LogP contribution is -2.42. The molecule has 2 aliphatic rings. The van der Waals surface area contributed by atoms with Crippen LogP contribution in [0, 0.1) is 0 Å². The highest BCUT2D eigenvalue weighted by Gasteiger charge is 2.26. The van der Waals surface area contributed by atoms with E-state index in [0.29, 0.717) is 30.0 Å². The maximum Gasteiger partial charge on any atom is 0.253 e. The maximum absolute atomic E-state index is 12.8. The van der Waals surface area contributed by atoms with E-state index in [1.54, 1.807) is 19.3 Å². The van der Waals surface area contributed by atoms with Gasteiger partial charge in [0, 0.05) is 32.1 Å². The van der Waals surface area contributed by atoms with Crippen LogP contribution < -0.4 is 10.6 Å². The highest BCUT2D eigenvalue weighted by atomic mass is 16.5. The van der Waals surface area contributed by atoms with Gasteiger partial charge in [-0.05, 0) is 24.5 Å². The average molecular weight is 367 g/mol. The molecular formula is C21H25N3O3. The Morgan fingerprint density at radius 3 is 2.70 bits per heavy atom. The fourth-order valence-corrected chi connectivity index (χ4v) is 3.18. The number of nitrogens with zero attached hydrogens (tertiary/aromatic N) is 1. The minimum atomic E-state index is -0.266. The van der Waals surface area contributed by atoms with Crippen LogP contribution in [0.4, 0.5) is 0 Å². The van der Waals surface area contributed by atoms with Gasteiger partial charge < -0.3 is 20.3 Å². The fourth-order valence-electron chi connectivity index (χ4n) is 3.18. The lowest BCUT2D eigenvalue weighted by molar-refractivity contribution is -0.118. The predicted octanol–water partition coefficient (Wildman–Crippen LogP) is 1.87. The molecule has 1 saturated heterocycles. The van der Waals surface area contributed by atoms with E-state index in [2.05, 4.69) is 17.2 Å². The first kappa shape index (κ1) is 18.9. The Bertz CT molecular complexity index is 777. The highest BCUT2D eigenvalue weighted by Crippen LogP contribution is 2.25. The van der Waals surface area contributed by atoms with Gasteiger partial charge in [0.1, 0.15) is 0 Å². The molecule has 142 valence electrons. The third kappa shape index (κ3) is 4.65. The number of rotatable bonds is 5. The lowest BCUT2D eigenvalue weighted by Gasteiger charge is -2.29. The molecule has 0 spiro atoms. The van der Waals surface area contributed by atoms with Gasteiger partial charge in [-0.1, -0.05) is 36.9 Å². The van der Waals surface area contributed by atoms with Gasteiger partial charge in [-0.2, -0.15) is 0 Å². The lowest BCUT2D eigenvalue weighted by atomic mass is 10.0. The van der Waals surface area contributed by atoms with Gasteiger partial charge in [0.15, 0.2) is 0 Å². The first-order chi connectivity index (χ1) is 13.1. The Balaban J connectivity index is 1.82. The Morgan fingerprint density at radius 1 is 1.26 bits per heavy atom. The number of hydrogen-bond donors (Lipinski definition) is 2. The van der Waals surface area contributed by atoms with E-state index in [0.717, 1.165) is 25.0 Å². The zero-order chi connectivity index (χ0) is 19.2. The molecule has 0 saturated carbocycles. The molecule has 1 aromatic carbocycles. The number of hydrogen-bond acceptors (Lipinski definition) is 4. The summed E-state index contributed by atoms with van der Waals surface area (Å²) in [4.78, 5) is 26.9. The Kier molecular flexibility index (Phi) is 6.08. The van der Waals surface area contributed by atoms with Crippen molar-refractivity contribution in [2.75, 3.05) is 20.3 Å². The van der Waals surface area contributed by atoms with E-state index in [1.165, 1.54) is 0 Å². The summed E-state index contributed by atoms with van der Waals surface area (Å²) < 4.78 is 5.43. The number of amides is 2. The van der Waals surface area contributed by atoms with Crippen molar-refractivity contribution in [1.82, 2.24) is 15.5 Å². The summed E-state index contributed by atoms with van der Waals surface area (Å²) in [6.07, 6.45) is 5.17. The van der Waals surface area contributed by atoms with Crippen LogP contribution in [0.5, 0.6) is 0 Å². The SMILES string of the molecule is C=C1C(C(=O)NC)=CC(C(=O)NC2CCCOC2)=CN1Cc1ccccc1. The van der Waals surface area contributed by atoms with Crippen molar-refractivity contribution in [2.24, 2.45) is 0 Å². The number of ether oxygens (including phenoxy) is 1. The van der Waals surface area contributed by atoms with Crippen LogP contribution in [0.15, 0.2) is 66.0 Å². The van der Waals surface area contributed by atoms with E-state index in [9.17, 15) is 9.59 Å². The standard InChI is InChI=1S/C21H25N3O3/c1-15-19(21(26)22-2)11-17(20(25)23-18-9-6-10-27-14-18)13-24(15)12-16-7-4-3-5-8-16/h3-5,7-8,11,13,18H,1,6,9-10,12,14H2,2H3,(H,22,26)(H,23,25). The number of carbonyl (C=O) groups is 2. The smallest absolute Gasteiger partial charge is 0.253 e. The molecule has 1 fully saturated rings. The molecule has 6 heteroatoms. The maximum atomic E-state index is 12.8. The van der Waals surface area contributed by atoms with Crippen molar-refractivity contribution < 1.29 is 14.3 Å². The molecule has 0 aliphatic carbocycles. The van der Waals surface area contributed by atoms with Crippen molar-refractivity contribution in [3.8, 4) is 0 Å². The van der Waals surface area contributed by atoms with E-state index in [4.69, 9.17) is 4.74 Å². The third-order valence-electron chi connectivity index (χ3n) is 4.68. The summed E-state index contributed by atoms with van der Waals surface area (Å²) in [5.74, 6) is -0.477. The molecule has 1 aromatic rings. The molecule has 2 amide bonds. The Morgan fingerprint density at radius 2 is 2.04 bits per heavy atom. The zero-order valence-electron chi connectivity index (χ0n) is 15.5. The topological polar surface area (TPSA) is 70.7 Å². The monoisotopic (exact) mass is 367 g/mol. The molecule has 0 radical (unpaired) electrons. The summed E-state index contributed by atoms with van der Waals surface area (Å²) in [6.45, 7) is 5.83. The van der Waals surface area contributed by atoms with Crippen LogP contribution in [0.25, 0.3) is 0 Å². The molecule has 2 heterocycles. The van der Waals surface area contributed by atoms with Crippen LogP contribution in [0.3, 0.4) is 0 Å². The van der Waals surface area contributed by atoms with Crippen molar-refractivity contribution >= 4 is 11.8 Å². The Hall–Kier alpha value is -2.86. The average Bonchev–Trinajstić information content (AvgIpc) is 2.70.